The van der Waals surface area contributed by atoms with Crippen LogP contribution in [0.3, 0.4) is 0 Å². The Balaban J connectivity index is 1.66. The van der Waals surface area contributed by atoms with Crippen molar-refractivity contribution in [1.82, 2.24) is 20.7 Å². The molecule has 4 N–H and O–H groups in total. The molecule has 144 valence electrons. The summed E-state index contributed by atoms with van der Waals surface area (Å²) in [7, 11) is 0. The zero-order valence-corrected chi connectivity index (χ0v) is 15.4. The van der Waals surface area contributed by atoms with Crippen LogP contribution in [0.25, 0.3) is 0 Å². The van der Waals surface area contributed by atoms with E-state index in [-0.39, 0.29) is 31.5 Å². The van der Waals surface area contributed by atoms with Gasteiger partial charge < -0.3 is 16.4 Å². The highest BCUT2D eigenvalue weighted by Gasteiger charge is 2.14. The number of nitrogen functional groups attached to an aromatic ring is 1. The Morgan fingerprint density at radius 2 is 1.93 bits per heavy atom. The number of hydrogen-bond acceptors (Lipinski definition) is 6. The fourth-order valence-corrected chi connectivity index (χ4v) is 2.26. The molecule has 0 saturated heterocycles. The summed E-state index contributed by atoms with van der Waals surface area (Å²) in [6, 6.07) is 11.1. The fraction of sp³-hybridized carbons (Fsp3) is 0.316. The molecule has 0 atom stereocenters. The van der Waals surface area contributed by atoms with Crippen molar-refractivity contribution in [3.63, 3.8) is 0 Å². The molecule has 1 aromatic heterocycles. The normalized spacial score (nSPS) is 10.4. The van der Waals surface area contributed by atoms with Crippen molar-refractivity contribution in [2.75, 3.05) is 25.4 Å². The van der Waals surface area contributed by atoms with E-state index in [1.807, 2.05) is 18.2 Å². The Morgan fingerprint density at radius 3 is 2.59 bits per heavy atom. The van der Waals surface area contributed by atoms with Gasteiger partial charge in [0.2, 0.25) is 5.91 Å². The lowest BCUT2D eigenvalue weighted by Gasteiger charge is -2.20. The largest absolute Gasteiger partial charge is 0.399 e. The summed E-state index contributed by atoms with van der Waals surface area (Å²) >= 11 is 0. The maximum Gasteiger partial charge on any atom is 0.265 e. The second-order valence-electron chi connectivity index (χ2n) is 5.85. The summed E-state index contributed by atoms with van der Waals surface area (Å²) in [6.45, 7) is 2.95. The van der Waals surface area contributed by atoms with Gasteiger partial charge in [0, 0.05) is 31.2 Å². The highest BCUT2D eigenvalue weighted by Crippen LogP contribution is 2.04. The molecule has 1 heterocycles. The summed E-state index contributed by atoms with van der Waals surface area (Å²) in [5.74, 6) is -0.574. The van der Waals surface area contributed by atoms with Crippen molar-refractivity contribution >= 4 is 17.5 Å². The Hall–Kier alpha value is -2.97. The van der Waals surface area contributed by atoms with E-state index in [0.717, 1.165) is 11.1 Å². The lowest BCUT2D eigenvalue weighted by molar-refractivity contribution is -0.189. The van der Waals surface area contributed by atoms with Crippen LogP contribution in [0.5, 0.6) is 0 Å². The van der Waals surface area contributed by atoms with Crippen LogP contribution in [0.1, 0.15) is 18.1 Å². The Bertz CT molecular complexity index is 722. The van der Waals surface area contributed by atoms with Crippen LogP contribution in [0.4, 0.5) is 5.69 Å². The van der Waals surface area contributed by atoms with Gasteiger partial charge in [0.05, 0.1) is 13.1 Å². The number of likely N-dealkylation sites (N-methyl/N-ethyl adjacent to an activating group) is 1. The van der Waals surface area contributed by atoms with Crippen LogP contribution in [-0.4, -0.2) is 41.5 Å². The molecule has 27 heavy (non-hydrogen) atoms. The first-order valence-electron chi connectivity index (χ1n) is 8.72. The molecular weight excluding hydrogens is 346 g/mol. The van der Waals surface area contributed by atoms with Crippen molar-refractivity contribution in [2.45, 2.75) is 20.1 Å². The van der Waals surface area contributed by atoms with Gasteiger partial charge in [-0.1, -0.05) is 18.2 Å². The van der Waals surface area contributed by atoms with E-state index in [1.165, 1.54) is 5.06 Å². The minimum atomic E-state index is -0.312. The number of pyridine rings is 1. The summed E-state index contributed by atoms with van der Waals surface area (Å²) in [5, 5.41) is 6.84. The van der Waals surface area contributed by atoms with Gasteiger partial charge in [-0.3, -0.25) is 19.4 Å². The Labute approximate surface area is 158 Å². The summed E-state index contributed by atoms with van der Waals surface area (Å²) in [4.78, 5) is 33.5. The third-order valence-corrected chi connectivity index (χ3v) is 3.71. The Kier molecular flexibility index (Phi) is 8.21. The molecule has 8 heteroatoms. The maximum absolute atomic E-state index is 12.2. The van der Waals surface area contributed by atoms with E-state index < -0.39 is 0 Å². The SMILES string of the molecule is CCN(OCc1cccnc1)C(=O)CNC(=O)CNCc1ccc(N)cc1. The summed E-state index contributed by atoms with van der Waals surface area (Å²) in [5.41, 5.74) is 8.21. The predicted octanol–water partition coefficient (Wildman–Crippen LogP) is 0.850. The van der Waals surface area contributed by atoms with Gasteiger partial charge in [0.25, 0.3) is 5.91 Å². The second kappa shape index (κ2) is 10.9. The van der Waals surface area contributed by atoms with Crippen LogP contribution >= 0.6 is 0 Å². The highest BCUT2D eigenvalue weighted by atomic mass is 16.7. The molecule has 2 aromatic rings. The number of hydroxylamine groups is 2. The average Bonchev–Trinajstić information content (AvgIpc) is 2.69. The maximum atomic E-state index is 12.2. The summed E-state index contributed by atoms with van der Waals surface area (Å²) < 4.78 is 0. The van der Waals surface area contributed by atoms with Crippen molar-refractivity contribution < 1.29 is 14.4 Å². The number of carbonyl (C=O) groups excluding carboxylic acids is 2. The van der Waals surface area contributed by atoms with Gasteiger partial charge in [-0.25, -0.2) is 5.06 Å². The number of aromatic nitrogens is 1. The molecule has 0 radical (unpaired) electrons. The molecule has 0 aliphatic rings. The number of nitrogens with one attached hydrogen (secondary N) is 2. The van der Waals surface area contributed by atoms with Crippen molar-refractivity contribution in [1.29, 1.82) is 0 Å². The third-order valence-electron chi connectivity index (χ3n) is 3.71. The summed E-state index contributed by atoms with van der Waals surface area (Å²) in [6.07, 6.45) is 3.34. The number of anilines is 1. The zero-order chi connectivity index (χ0) is 19.5. The number of hydrogen-bond donors (Lipinski definition) is 3. The van der Waals surface area contributed by atoms with E-state index in [0.29, 0.717) is 18.8 Å². The highest BCUT2D eigenvalue weighted by molar-refractivity contribution is 5.85. The molecule has 0 aliphatic heterocycles. The molecule has 0 bridgehead atoms. The van der Waals surface area contributed by atoms with Crippen LogP contribution in [0.15, 0.2) is 48.8 Å². The first kappa shape index (κ1) is 20.3. The van der Waals surface area contributed by atoms with Crippen LogP contribution < -0.4 is 16.4 Å². The zero-order valence-electron chi connectivity index (χ0n) is 15.4. The first-order valence-corrected chi connectivity index (χ1v) is 8.72. The number of carbonyl (C=O) groups is 2. The number of amides is 2. The van der Waals surface area contributed by atoms with Gasteiger partial charge in [-0.15, -0.1) is 0 Å². The molecule has 0 saturated carbocycles. The van der Waals surface area contributed by atoms with E-state index >= 15 is 0 Å². The van der Waals surface area contributed by atoms with Crippen LogP contribution in [-0.2, 0) is 27.6 Å². The molecular formula is C19H25N5O3. The number of benzene rings is 1. The molecule has 8 nitrogen and oxygen atoms in total. The van der Waals surface area contributed by atoms with Gasteiger partial charge in [-0.05, 0) is 36.2 Å². The molecule has 2 rings (SSSR count). The van der Waals surface area contributed by atoms with Gasteiger partial charge in [0.1, 0.15) is 6.61 Å². The second-order valence-corrected chi connectivity index (χ2v) is 5.85. The van der Waals surface area contributed by atoms with E-state index in [9.17, 15) is 9.59 Å². The number of nitrogens with two attached hydrogens (primary N) is 1. The van der Waals surface area contributed by atoms with E-state index in [1.54, 1.807) is 37.5 Å². The number of rotatable bonds is 10. The molecule has 0 unspecified atom stereocenters. The van der Waals surface area contributed by atoms with Gasteiger partial charge in [-0.2, -0.15) is 0 Å². The topological polar surface area (TPSA) is 110 Å². The van der Waals surface area contributed by atoms with Crippen LogP contribution in [0, 0.1) is 0 Å². The molecule has 0 spiro atoms. The third kappa shape index (κ3) is 7.43. The molecule has 2 amide bonds. The van der Waals surface area contributed by atoms with Gasteiger partial charge in [0.15, 0.2) is 0 Å². The Morgan fingerprint density at radius 1 is 1.15 bits per heavy atom. The molecule has 1 aromatic carbocycles. The van der Waals surface area contributed by atoms with E-state index in [2.05, 4.69) is 15.6 Å². The van der Waals surface area contributed by atoms with Crippen molar-refractivity contribution in [3.05, 3.63) is 59.9 Å². The fourth-order valence-electron chi connectivity index (χ4n) is 2.26. The van der Waals surface area contributed by atoms with Gasteiger partial charge >= 0.3 is 0 Å². The smallest absolute Gasteiger partial charge is 0.265 e. The lowest BCUT2D eigenvalue weighted by Crippen LogP contribution is -2.42. The predicted molar refractivity (Wildman–Crippen MR) is 102 cm³/mol. The van der Waals surface area contributed by atoms with Crippen molar-refractivity contribution in [3.8, 4) is 0 Å². The average molecular weight is 371 g/mol. The lowest BCUT2D eigenvalue weighted by atomic mass is 10.2. The molecule has 0 aliphatic carbocycles. The van der Waals surface area contributed by atoms with Crippen molar-refractivity contribution in [2.24, 2.45) is 0 Å². The monoisotopic (exact) mass is 371 g/mol. The molecule has 0 fully saturated rings. The first-order chi connectivity index (χ1) is 13.1. The van der Waals surface area contributed by atoms with Crippen LogP contribution in [0.2, 0.25) is 0 Å². The van der Waals surface area contributed by atoms with E-state index in [4.69, 9.17) is 10.6 Å². The minimum Gasteiger partial charge on any atom is -0.399 e. The minimum absolute atomic E-state index is 0.111. The number of nitrogens with zero attached hydrogens (tertiary/aromatic N) is 2. The standard InChI is InChI=1S/C19H25N5O3/c1-2-24(27-14-16-4-3-9-21-11-16)19(26)13-23-18(25)12-22-10-15-5-7-17(20)8-6-15/h3-9,11,22H,2,10,12-14,20H2,1H3,(H,23,25). The quantitative estimate of drug-likeness (QED) is 0.422.